The molecule has 0 aromatic carbocycles. The normalized spacial score (nSPS) is 16.8. The molecule has 1 aliphatic carbocycles. The van der Waals surface area contributed by atoms with E-state index in [-0.39, 0.29) is 5.82 Å². The van der Waals surface area contributed by atoms with Gasteiger partial charge in [0, 0.05) is 12.6 Å². The molecule has 116 valence electrons. The first kappa shape index (κ1) is 14.8. The van der Waals surface area contributed by atoms with E-state index >= 15 is 0 Å². The van der Waals surface area contributed by atoms with Gasteiger partial charge in [-0.15, -0.1) is 0 Å². The molecule has 0 saturated heterocycles. The number of hydrogen-bond acceptors (Lipinski definition) is 5. The highest BCUT2D eigenvalue weighted by molar-refractivity contribution is 5.83. The highest BCUT2D eigenvalue weighted by atomic mass is 15.2. The summed E-state index contributed by atoms with van der Waals surface area (Å²) >= 11 is 0. The van der Waals surface area contributed by atoms with E-state index in [0.29, 0.717) is 17.8 Å². The molecule has 2 aromatic rings. The third-order valence-electron chi connectivity index (χ3n) is 4.55. The van der Waals surface area contributed by atoms with Crippen LogP contribution in [0, 0.1) is 17.2 Å². The zero-order valence-corrected chi connectivity index (χ0v) is 13.2. The van der Waals surface area contributed by atoms with Gasteiger partial charge in [0.15, 0.2) is 17.0 Å². The summed E-state index contributed by atoms with van der Waals surface area (Å²) in [4.78, 5) is 13.2. The van der Waals surface area contributed by atoms with Crippen molar-refractivity contribution in [3.63, 3.8) is 0 Å². The zero-order valence-electron chi connectivity index (χ0n) is 13.2. The molecule has 1 aliphatic rings. The van der Waals surface area contributed by atoms with Gasteiger partial charge in [-0.05, 0) is 18.8 Å². The highest BCUT2D eigenvalue weighted by Crippen LogP contribution is 2.32. The van der Waals surface area contributed by atoms with Crippen molar-refractivity contribution in [1.29, 1.82) is 5.26 Å². The van der Waals surface area contributed by atoms with Crippen LogP contribution in [0.2, 0.25) is 0 Å². The van der Waals surface area contributed by atoms with Crippen molar-refractivity contribution in [3.05, 3.63) is 12.2 Å². The van der Waals surface area contributed by atoms with Gasteiger partial charge in [-0.25, -0.2) is 4.98 Å². The first-order chi connectivity index (χ1) is 10.7. The molecular weight excluding hydrogens is 276 g/mol. The topological polar surface area (TPSA) is 79.4 Å². The quantitative estimate of drug-likeness (QED) is 0.916. The highest BCUT2D eigenvalue weighted by Gasteiger charge is 2.21. The Bertz CT molecular complexity index is 692. The van der Waals surface area contributed by atoms with Gasteiger partial charge in [0.1, 0.15) is 6.07 Å². The number of aromatic nitrogens is 4. The number of fused-ring (bicyclic) bond motifs is 1. The van der Waals surface area contributed by atoms with E-state index in [9.17, 15) is 5.26 Å². The minimum atomic E-state index is 0.207. The molecule has 0 aliphatic heterocycles. The smallest absolute Gasteiger partial charge is 0.236 e. The van der Waals surface area contributed by atoms with Crippen molar-refractivity contribution in [2.24, 2.45) is 5.92 Å². The Balaban J connectivity index is 1.99. The monoisotopic (exact) mass is 298 g/mol. The molecule has 3 rings (SSSR count). The largest absolute Gasteiger partial charge is 0.368 e. The molecule has 2 aromatic heterocycles. The predicted octanol–water partition coefficient (Wildman–Crippen LogP) is 3.27. The molecule has 0 radical (unpaired) electrons. The van der Waals surface area contributed by atoms with Crippen molar-refractivity contribution in [2.75, 3.05) is 11.9 Å². The van der Waals surface area contributed by atoms with Crippen LogP contribution in [-0.4, -0.2) is 26.1 Å². The molecule has 1 N–H and O–H groups in total. The summed E-state index contributed by atoms with van der Waals surface area (Å²) in [6.45, 7) is 5.18. The van der Waals surface area contributed by atoms with Gasteiger partial charge in [0.25, 0.3) is 0 Å². The molecule has 1 atom stereocenters. The second-order valence-corrected chi connectivity index (χ2v) is 6.16. The maximum Gasteiger partial charge on any atom is 0.236 e. The molecule has 1 unspecified atom stereocenters. The first-order valence-corrected chi connectivity index (χ1v) is 8.11. The van der Waals surface area contributed by atoms with E-state index < -0.39 is 0 Å². The van der Waals surface area contributed by atoms with E-state index in [4.69, 9.17) is 0 Å². The molecule has 22 heavy (non-hydrogen) atoms. The fourth-order valence-corrected chi connectivity index (χ4v) is 2.95. The number of nitrogens with zero attached hydrogens (tertiary/aromatic N) is 5. The lowest BCUT2D eigenvalue weighted by molar-refractivity contribution is 0.528. The van der Waals surface area contributed by atoms with Crippen LogP contribution < -0.4 is 5.32 Å². The summed E-state index contributed by atoms with van der Waals surface area (Å²) in [5.41, 5.74) is 1.55. The lowest BCUT2D eigenvalue weighted by atomic mass is 10.1. The summed E-state index contributed by atoms with van der Waals surface area (Å²) in [5.74, 6) is 1.44. The summed E-state index contributed by atoms with van der Waals surface area (Å²) in [6, 6.07) is 2.52. The Hall–Kier alpha value is -2.16. The summed E-state index contributed by atoms with van der Waals surface area (Å²) in [5, 5.41) is 12.5. The average Bonchev–Trinajstić information content (AvgIpc) is 3.20. The fraction of sp³-hybridized carbons (Fsp3) is 0.625. The first-order valence-electron chi connectivity index (χ1n) is 8.11. The Morgan fingerprint density at radius 2 is 2.18 bits per heavy atom. The minimum absolute atomic E-state index is 0.207. The second-order valence-electron chi connectivity index (χ2n) is 6.16. The Morgan fingerprint density at radius 1 is 1.41 bits per heavy atom. The molecule has 1 fully saturated rings. The summed E-state index contributed by atoms with van der Waals surface area (Å²) in [7, 11) is 0. The van der Waals surface area contributed by atoms with Crippen LogP contribution >= 0.6 is 0 Å². The lowest BCUT2D eigenvalue weighted by Crippen LogP contribution is -2.13. The molecule has 6 nitrogen and oxygen atoms in total. The molecule has 0 bridgehead atoms. The minimum Gasteiger partial charge on any atom is -0.368 e. The third-order valence-corrected chi connectivity index (χ3v) is 4.55. The number of nitrogens with one attached hydrogen (secondary N) is 1. The number of imidazole rings is 1. The van der Waals surface area contributed by atoms with Crippen molar-refractivity contribution in [1.82, 2.24) is 19.5 Å². The predicted molar refractivity (Wildman–Crippen MR) is 85.5 cm³/mol. The SMILES string of the molecule is CCC(C)CNc1nc(C#N)nc2c1ncn2C1CCCC1. The lowest BCUT2D eigenvalue weighted by Gasteiger charge is -2.13. The average molecular weight is 298 g/mol. The van der Waals surface area contributed by atoms with E-state index in [0.717, 1.165) is 37.0 Å². The molecule has 0 amide bonds. The summed E-state index contributed by atoms with van der Waals surface area (Å²) < 4.78 is 2.12. The Kier molecular flexibility index (Phi) is 4.23. The van der Waals surface area contributed by atoms with Gasteiger partial charge >= 0.3 is 0 Å². The molecule has 2 heterocycles. The van der Waals surface area contributed by atoms with Crippen LogP contribution in [0.1, 0.15) is 57.8 Å². The van der Waals surface area contributed by atoms with Crippen LogP contribution in [0.4, 0.5) is 5.82 Å². The number of hydrogen-bond donors (Lipinski definition) is 1. The van der Waals surface area contributed by atoms with Crippen molar-refractivity contribution < 1.29 is 0 Å². The van der Waals surface area contributed by atoms with Crippen molar-refractivity contribution in [2.45, 2.75) is 52.0 Å². The van der Waals surface area contributed by atoms with E-state index in [1.807, 2.05) is 6.33 Å². The maximum atomic E-state index is 9.21. The van der Waals surface area contributed by atoms with Crippen molar-refractivity contribution in [3.8, 4) is 6.07 Å². The number of rotatable bonds is 5. The Labute approximate surface area is 130 Å². The van der Waals surface area contributed by atoms with Gasteiger partial charge in [-0.3, -0.25) is 0 Å². The van der Waals surface area contributed by atoms with Crippen LogP contribution in [0.15, 0.2) is 6.33 Å². The standard InChI is InChI=1S/C16H22N6/c1-3-11(2)9-18-15-14-16(21-13(8-17)20-15)22(10-19-14)12-6-4-5-7-12/h10-12H,3-7,9H2,1-2H3,(H,18,20,21). The molecule has 6 heteroatoms. The van der Waals surface area contributed by atoms with Gasteiger partial charge in [0.2, 0.25) is 5.82 Å². The van der Waals surface area contributed by atoms with E-state index in [1.165, 1.54) is 12.8 Å². The molecule has 1 saturated carbocycles. The third kappa shape index (κ3) is 2.76. The second kappa shape index (κ2) is 6.30. The molecule has 0 spiro atoms. The van der Waals surface area contributed by atoms with Crippen LogP contribution in [0.5, 0.6) is 0 Å². The van der Waals surface area contributed by atoms with Crippen LogP contribution in [-0.2, 0) is 0 Å². The molecular formula is C16H22N6. The Morgan fingerprint density at radius 3 is 2.86 bits per heavy atom. The van der Waals surface area contributed by atoms with Gasteiger partial charge in [-0.2, -0.15) is 15.2 Å². The summed E-state index contributed by atoms with van der Waals surface area (Å²) in [6.07, 6.45) is 7.77. The van der Waals surface area contributed by atoms with E-state index in [1.54, 1.807) is 0 Å². The van der Waals surface area contributed by atoms with Gasteiger partial charge in [-0.1, -0.05) is 33.1 Å². The van der Waals surface area contributed by atoms with Crippen LogP contribution in [0.3, 0.4) is 0 Å². The van der Waals surface area contributed by atoms with Gasteiger partial charge in [0.05, 0.1) is 6.33 Å². The number of nitriles is 1. The maximum absolute atomic E-state index is 9.21. The van der Waals surface area contributed by atoms with E-state index in [2.05, 4.69) is 44.8 Å². The van der Waals surface area contributed by atoms with Crippen LogP contribution in [0.25, 0.3) is 11.2 Å². The van der Waals surface area contributed by atoms with Crippen molar-refractivity contribution >= 4 is 17.0 Å². The fourth-order valence-electron chi connectivity index (χ4n) is 2.95. The number of anilines is 1. The zero-order chi connectivity index (χ0) is 15.5. The van der Waals surface area contributed by atoms with Gasteiger partial charge < -0.3 is 9.88 Å².